The van der Waals surface area contributed by atoms with Crippen LogP contribution in [0, 0.1) is 5.41 Å². The zero-order valence-electron chi connectivity index (χ0n) is 12.6. The first kappa shape index (κ1) is 15.5. The van der Waals surface area contributed by atoms with Crippen molar-refractivity contribution < 1.29 is 14.7 Å². The van der Waals surface area contributed by atoms with Gasteiger partial charge in [0.2, 0.25) is 5.91 Å². The van der Waals surface area contributed by atoms with Gasteiger partial charge in [-0.3, -0.25) is 9.59 Å². The van der Waals surface area contributed by atoms with E-state index in [9.17, 15) is 14.7 Å². The molecule has 1 saturated carbocycles. The highest BCUT2D eigenvalue weighted by molar-refractivity contribution is 5.85. The Morgan fingerprint density at radius 3 is 2.38 bits per heavy atom. The molecule has 1 amide bonds. The maximum Gasteiger partial charge on any atom is 0.310 e. The van der Waals surface area contributed by atoms with E-state index in [1.54, 1.807) is 0 Å². The van der Waals surface area contributed by atoms with Crippen LogP contribution < -0.4 is 5.32 Å². The van der Waals surface area contributed by atoms with E-state index in [1.165, 1.54) is 5.56 Å². The van der Waals surface area contributed by atoms with Crippen molar-refractivity contribution in [3.8, 4) is 0 Å². The summed E-state index contributed by atoms with van der Waals surface area (Å²) in [5.41, 5.74) is 0.305. The molecule has 0 radical (unpaired) electrons. The molecule has 2 rings (SSSR count). The summed E-state index contributed by atoms with van der Waals surface area (Å²) < 4.78 is 0. The highest BCUT2D eigenvalue weighted by atomic mass is 16.4. The number of hydrogen-bond donors (Lipinski definition) is 2. The smallest absolute Gasteiger partial charge is 0.310 e. The van der Waals surface area contributed by atoms with Gasteiger partial charge < -0.3 is 10.4 Å². The molecule has 1 aromatic carbocycles. The number of benzene rings is 1. The summed E-state index contributed by atoms with van der Waals surface area (Å²) in [7, 11) is 0. The van der Waals surface area contributed by atoms with Gasteiger partial charge in [-0.1, -0.05) is 44.2 Å². The summed E-state index contributed by atoms with van der Waals surface area (Å²) in [6.45, 7) is 3.66. The van der Waals surface area contributed by atoms with Crippen molar-refractivity contribution in [1.82, 2.24) is 5.32 Å². The first-order chi connectivity index (χ1) is 10.0. The molecule has 0 bridgehead atoms. The second kappa shape index (κ2) is 6.29. The molecule has 21 heavy (non-hydrogen) atoms. The van der Waals surface area contributed by atoms with Crippen LogP contribution in [0.4, 0.5) is 0 Å². The van der Waals surface area contributed by atoms with Gasteiger partial charge >= 0.3 is 5.97 Å². The molecule has 2 unspecified atom stereocenters. The molecule has 1 aliphatic rings. The summed E-state index contributed by atoms with van der Waals surface area (Å²) in [6.07, 6.45) is 1.94. The average Bonchev–Trinajstić information content (AvgIpc) is 3.24. The van der Waals surface area contributed by atoms with Crippen molar-refractivity contribution in [2.45, 2.75) is 51.5 Å². The van der Waals surface area contributed by atoms with Crippen LogP contribution in [0.1, 0.15) is 51.0 Å². The van der Waals surface area contributed by atoms with Crippen LogP contribution in [0.25, 0.3) is 0 Å². The monoisotopic (exact) mass is 289 g/mol. The number of aliphatic carboxylic acids is 1. The third-order valence-corrected chi connectivity index (χ3v) is 4.67. The van der Waals surface area contributed by atoms with E-state index in [1.807, 2.05) is 32.0 Å². The third kappa shape index (κ3) is 3.43. The fourth-order valence-corrected chi connectivity index (χ4v) is 2.87. The average molecular weight is 289 g/mol. The minimum atomic E-state index is -0.929. The van der Waals surface area contributed by atoms with Crippen LogP contribution in [-0.2, 0) is 9.59 Å². The number of amides is 1. The van der Waals surface area contributed by atoms with E-state index in [4.69, 9.17) is 0 Å². The molecule has 4 nitrogen and oxygen atoms in total. The lowest BCUT2D eigenvalue weighted by Crippen LogP contribution is -2.37. The molecule has 114 valence electrons. The van der Waals surface area contributed by atoms with Gasteiger partial charge in [0.1, 0.15) is 0 Å². The van der Waals surface area contributed by atoms with E-state index < -0.39 is 11.4 Å². The normalized spacial score (nSPS) is 20.9. The molecule has 2 atom stereocenters. The molecule has 0 spiro atoms. The van der Waals surface area contributed by atoms with Crippen LogP contribution in [0.5, 0.6) is 0 Å². The molecule has 0 heterocycles. The highest BCUT2D eigenvalue weighted by Crippen LogP contribution is 2.41. The standard InChI is InChI=1S/C17H23NO3/c1-3-17(4-2,16(20)21)11-15(19)18-14-10-13(14)12-8-6-5-7-9-12/h5-9,13-14H,3-4,10-11H2,1-2H3,(H,18,19)(H,20,21). The SMILES string of the molecule is CCC(CC)(CC(=O)NC1CC1c1ccccc1)C(=O)O. The lowest BCUT2D eigenvalue weighted by molar-refractivity contribution is -0.152. The number of carbonyl (C=O) groups excluding carboxylic acids is 1. The molecule has 0 aromatic heterocycles. The molecule has 1 fully saturated rings. The largest absolute Gasteiger partial charge is 0.481 e. The van der Waals surface area contributed by atoms with Gasteiger partial charge in [-0.25, -0.2) is 0 Å². The third-order valence-electron chi connectivity index (χ3n) is 4.67. The van der Waals surface area contributed by atoms with E-state index >= 15 is 0 Å². The zero-order chi connectivity index (χ0) is 15.5. The lowest BCUT2D eigenvalue weighted by Gasteiger charge is -2.25. The van der Waals surface area contributed by atoms with Gasteiger partial charge in [-0.2, -0.15) is 0 Å². The number of carboxylic acids is 1. The number of rotatable bonds is 7. The van der Waals surface area contributed by atoms with Gasteiger partial charge in [-0.15, -0.1) is 0 Å². The molecule has 1 aliphatic carbocycles. The van der Waals surface area contributed by atoms with E-state index in [0.29, 0.717) is 18.8 Å². The van der Waals surface area contributed by atoms with Crippen molar-refractivity contribution in [2.75, 3.05) is 0 Å². The van der Waals surface area contributed by atoms with Crippen LogP contribution in [0.2, 0.25) is 0 Å². The van der Waals surface area contributed by atoms with Gasteiger partial charge in [-0.05, 0) is 24.8 Å². The summed E-state index contributed by atoms with van der Waals surface area (Å²) in [5.74, 6) is -0.653. The summed E-state index contributed by atoms with van der Waals surface area (Å²) in [4.78, 5) is 23.6. The number of carbonyl (C=O) groups is 2. The zero-order valence-corrected chi connectivity index (χ0v) is 12.6. The Balaban J connectivity index is 1.90. The van der Waals surface area contributed by atoms with Gasteiger partial charge in [0.15, 0.2) is 0 Å². The van der Waals surface area contributed by atoms with Crippen LogP contribution >= 0.6 is 0 Å². The van der Waals surface area contributed by atoms with E-state index in [2.05, 4.69) is 17.4 Å². The Labute approximate surface area is 125 Å². The number of hydrogen-bond acceptors (Lipinski definition) is 2. The quantitative estimate of drug-likeness (QED) is 0.811. The predicted molar refractivity (Wildman–Crippen MR) is 81.0 cm³/mol. The Kier molecular flexibility index (Phi) is 4.66. The van der Waals surface area contributed by atoms with E-state index in [-0.39, 0.29) is 18.4 Å². The van der Waals surface area contributed by atoms with Crippen LogP contribution in [0.3, 0.4) is 0 Å². The Bertz CT molecular complexity index is 508. The summed E-state index contributed by atoms with van der Waals surface area (Å²) >= 11 is 0. The number of carboxylic acid groups (broad SMARTS) is 1. The fourth-order valence-electron chi connectivity index (χ4n) is 2.87. The Morgan fingerprint density at radius 1 is 1.24 bits per heavy atom. The minimum Gasteiger partial charge on any atom is -0.481 e. The molecule has 1 aromatic rings. The lowest BCUT2D eigenvalue weighted by atomic mass is 9.79. The second-order valence-corrected chi connectivity index (χ2v) is 5.90. The maximum absolute atomic E-state index is 12.1. The van der Waals surface area contributed by atoms with E-state index in [0.717, 1.165) is 6.42 Å². The first-order valence-corrected chi connectivity index (χ1v) is 7.60. The molecular weight excluding hydrogens is 266 g/mol. The molecule has 0 saturated heterocycles. The van der Waals surface area contributed by atoms with Gasteiger partial charge in [0.05, 0.1) is 5.41 Å². The highest BCUT2D eigenvalue weighted by Gasteiger charge is 2.42. The van der Waals surface area contributed by atoms with Gasteiger partial charge in [0, 0.05) is 18.4 Å². The molecular formula is C17H23NO3. The topological polar surface area (TPSA) is 66.4 Å². The summed E-state index contributed by atoms with van der Waals surface area (Å²) in [5, 5.41) is 12.4. The Morgan fingerprint density at radius 2 is 1.86 bits per heavy atom. The predicted octanol–water partition coefficient (Wildman–Crippen LogP) is 2.94. The maximum atomic E-state index is 12.1. The van der Waals surface area contributed by atoms with Crippen molar-refractivity contribution in [3.63, 3.8) is 0 Å². The van der Waals surface area contributed by atoms with Crippen molar-refractivity contribution in [3.05, 3.63) is 35.9 Å². The molecule has 0 aliphatic heterocycles. The minimum absolute atomic E-state index is 0.0628. The Hall–Kier alpha value is -1.84. The summed E-state index contributed by atoms with van der Waals surface area (Å²) in [6, 6.07) is 10.3. The van der Waals surface area contributed by atoms with Crippen LogP contribution in [0.15, 0.2) is 30.3 Å². The van der Waals surface area contributed by atoms with Crippen molar-refractivity contribution in [1.29, 1.82) is 0 Å². The van der Waals surface area contributed by atoms with Crippen molar-refractivity contribution >= 4 is 11.9 Å². The fraction of sp³-hybridized carbons (Fsp3) is 0.529. The van der Waals surface area contributed by atoms with Crippen molar-refractivity contribution in [2.24, 2.45) is 5.41 Å². The second-order valence-electron chi connectivity index (χ2n) is 5.90. The van der Waals surface area contributed by atoms with Crippen LogP contribution in [-0.4, -0.2) is 23.0 Å². The first-order valence-electron chi connectivity index (χ1n) is 7.60. The molecule has 4 heteroatoms. The van der Waals surface area contributed by atoms with Gasteiger partial charge in [0.25, 0.3) is 0 Å². The molecule has 2 N–H and O–H groups in total. The number of nitrogens with one attached hydrogen (secondary N) is 1.